The van der Waals surface area contributed by atoms with Crippen molar-refractivity contribution in [2.45, 2.75) is 10.8 Å². The van der Waals surface area contributed by atoms with E-state index in [-0.39, 0.29) is 0 Å². The second-order valence-corrected chi connectivity index (χ2v) is 35.4. The average Bonchev–Trinajstić information content (AvgIpc) is 1.54. The molecule has 145 heavy (non-hydrogen) atoms. The van der Waals surface area contributed by atoms with E-state index in [0.29, 0.717) is 158 Å². The highest BCUT2D eigenvalue weighted by Crippen LogP contribution is 2.62. The Labute approximate surface area is 825 Å². The zero-order valence-corrected chi connectivity index (χ0v) is 76.5. The fourth-order valence-electron chi connectivity index (χ4n) is 20.6. The molecule has 20 aromatic carbocycles. The van der Waals surface area contributed by atoms with Crippen LogP contribution < -0.4 is 29.1 Å². The van der Waals surface area contributed by atoms with Crippen LogP contribution in [0.15, 0.2) is 442 Å². The number of rotatable bonds is 24. The number of benzene rings is 20. The molecule has 2 atom stereocenters. The van der Waals surface area contributed by atoms with Gasteiger partial charge in [-0.05, 0) is 344 Å². The van der Waals surface area contributed by atoms with Crippen LogP contribution in [0.1, 0.15) is 55.6 Å². The second kappa shape index (κ2) is 36.7. The first-order valence-electron chi connectivity index (χ1n) is 46.4. The fraction of sp³-hybridized carbons (Fsp3) is 0.0159. The van der Waals surface area contributed by atoms with Gasteiger partial charge in [-0.2, -0.15) is 0 Å². The Hall–Kier alpha value is -18.4. The maximum Gasteiger partial charge on any atom is 0.197 e. The Bertz CT molecular complexity index is 8140. The van der Waals surface area contributed by atoms with Gasteiger partial charge >= 0.3 is 0 Å². The molecule has 19 heteroatoms. The van der Waals surface area contributed by atoms with E-state index in [1.807, 2.05) is 238 Å². The van der Waals surface area contributed by atoms with Crippen molar-refractivity contribution in [3.8, 4) is 67.5 Å². The van der Waals surface area contributed by atoms with Crippen molar-refractivity contribution in [3.05, 3.63) is 563 Å². The number of anilines is 12. The lowest BCUT2D eigenvalue weighted by Crippen LogP contribution is -2.31. The van der Waals surface area contributed by atoms with Crippen LogP contribution in [0.3, 0.4) is 0 Å². The lowest BCUT2D eigenvalue weighted by Gasteiger charge is -2.35. The Morgan fingerprint density at radius 1 is 0.214 bits per heavy atom. The molecule has 1 aromatic heterocycles. The van der Waals surface area contributed by atoms with Gasteiger partial charge in [-0.1, -0.05) is 183 Å². The minimum absolute atomic E-state index is 0.382. The zero-order valence-electron chi connectivity index (χ0n) is 76.5. The number of ether oxygens (including phenoxy) is 2. The summed E-state index contributed by atoms with van der Waals surface area (Å²) in [7, 11) is 0. The number of hydrogen-bond donors (Lipinski definition) is 0. The SMILES string of the molecule is C=Cc1ccc(Oc2ccc(C3(c4cc(F)c(F)c(F)c4F)c4ccccc4-c4ccc(N(c5ccc(F)cc5)c5ccc(-c6ccc(N(c7ccc(F)cc7)c7ccc8c(c7)oc7cc(N(c9ccc(F)cc9)c9ccc(-c%10ccc(N(c%11ccc(F)cc%11)c%11ccc%12c(c%11)C(c%11ccc(Oc%13ccc(C=C)cc%13)cc%11)(c%11cc(F)c(F)c(F)c%11F)c%11ccccc%11-%12)cc%10)cc9)ccc78)cc6)cc5)cc43)cc2)cc1. The maximum atomic E-state index is 17.2. The molecular formula is C126H76F12N4O3. The third-order valence-corrected chi connectivity index (χ3v) is 27.3. The minimum atomic E-state index is -1.97. The van der Waals surface area contributed by atoms with E-state index in [0.717, 1.165) is 56.3 Å². The highest BCUT2D eigenvalue weighted by atomic mass is 19.2. The topological polar surface area (TPSA) is 44.6 Å². The molecule has 21 aromatic rings. The molecule has 0 radical (unpaired) electrons. The predicted octanol–water partition coefficient (Wildman–Crippen LogP) is 36.1. The highest BCUT2D eigenvalue weighted by Gasteiger charge is 2.52. The van der Waals surface area contributed by atoms with Crippen molar-refractivity contribution >= 4 is 102 Å². The largest absolute Gasteiger partial charge is 0.457 e. The van der Waals surface area contributed by atoms with Crippen molar-refractivity contribution in [2.24, 2.45) is 0 Å². The molecule has 0 bridgehead atoms. The molecular weight excluding hydrogens is 1850 g/mol. The van der Waals surface area contributed by atoms with Crippen molar-refractivity contribution in [2.75, 3.05) is 19.6 Å². The first-order chi connectivity index (χ1) is 70.6. The lowest BCUT2D eigenvalue weighted by atomic mass is 9.67. The molecule has 702 valence electrons. The molecule has 7 nitrogen and oxygen atoms in total. The molecule has 0 N–H and O–H groups in total. The summed E-state index contributed by atoms with van der Waals surface area (Å²) in [5, 5.41) is 1.61. The zero-order chi connectivity index (χ0) is 99.2. The Kier molecular flexibility index (Phi) is 22.9. The molecule has 2 aliphatic carbocycles. The van der Waals surface area contributed by atoms with Crippen LogP contribution >= 0.6 is 0 Å². The number of fused-ring (bicyclic) bond motifs is 9. The Morgan fingerprint density at radius 3 is 0.752 bits per heavy atom. The van der Waals surface area contributed by atoms with E-state index >= 15 is 43.9 Å². The van der Waals surface area contributed by atoms with Crippen LogP contribution in [-0.2, 0) is 10.8 Å². The van der Waals surface area contributed by atoms with Crippen LogP contribution in [0.2, 0.25) is 0 Å². The molecule has 0 fully saturated rings. The van der Waals surface area contributed by atoms with Crippen molar-refractivity contribution in [1.82, 2.24) is 0 Å². The third-order valence-electron chi connectivity index (χ3n) is 27.3. The summed E-state index contributed by atoms with van der Waals surface area (Å²) in [6.07, 6.45) is 3.41. The van der Waals surface area contributed by atoms with Crippen LogP contribution in [0, 0.1) is 69.8 Å². The fourth-order valence-corrected chi connectivity index (χ4v) is 20.6. The van der Waals surface area contributed by atoms with Gasteiger partial charge in [0.1, 0.15) is 57.4 Å². The predicted molar refractivity (Wildman–Crippen MR) is 551 cm³/mol. The first kappa shape index (κ1) is 90.5. The smallest absolute Gasteiger partial charge is 0.197 e. The highest BCUT2D eigenvalue weighted by molar-refractivity contribution is 6.08. The van der Waals surface area contributed by atoms with Crippen LogP contribution in [0.4, 0.5) is 121 Å². The monoisotopic (exact) mass is 1920 g/mol. The number of halogens is 12. The average molecular weight is 1920 g/mol. The first-order valence-corrected chi connectivity index (χ1v) is 46.4. The number of furan rings is 1. The quantitative estimate of drug-likeness (QED) is 0.0339. The normalized spacial score (nSPS) is 13.8. The minimum Gasteiger partial charge on any atom is -0.457 e. The Morgan fingerprint density at radius 2 is 0.462 bits per heavy atom. The van der Waals surface area contributed by atoms with Gasteiger partial charge in [0.2, 0.25) is 0 Å². The van der Waals surface area contributed by atoms with Gasteiger partial charge in [-0.25, -0.2) is 52.7 Å². The summed E-state index contributed by atoms with van der Waals surface area (Å²) < 4.78 is 209. The van der Waals surface area contributed by atoms with Gasteiger partial charge in [0.15, 0.2) is 46.5 Å². The van der Waals surface area contributed by atoms with Crippen molar-refractivity contribution in [1.29, 1.82) is 0 Å². The molecule has 0 spiro atoms. The summed E-state index contributed by atoms with van der Waals surface area (Å²) in [6, 6.07) is 122. The molecule has 23 rings (SSSR count). The summed E-state index contributed by atoms with van der Waals surface area (Å²) in [5.41, 5.74) is 13.8. The van der Waals surface area contributed by atoms with Gasteiger partial charge in [-0.15, -0.1) is 0 Å². The molecule has 0 saturated heterocycles. The van der Waals surface area contributed by atoms with Gasteiger partial charge in [-0.3, -0.25) is 0 Å². The molecule has 2 unspecified atom stereocenters. The maximum absolute atomic E-state index is 17.2. The van der Waals surface area contributed by atoms with Gasteiger partial charge < -0.3 is 33.5 Å². The van der Waals surface area contributed by atoms with E-state index in [9.17, 15) is 8.78 Å². The van der Waals surface area contributed by atoms with Crippen molar-refractivity contribution in [3.63, 3.8) is 0 Å². The van der Waals surface area contributed by atoms with Crippen LogP contribution in [0.25, 0.3) is 78.6 Å². The van der Waals surface area contributed by atoms with Gasteiger partial charge in [0, 0.05) is 102 Å². The number of nitrogens with zero attached hydrogens (tertiary/aromatic N) is 4. The molecule has 0 amide bonds. The molecule has 0 saturated carbocycles. The van der Waals surface area contributed by atoms with E-state index in [2.05, 4.69) is 13.2 Å². The Balaban J connectivity index is 0.543. The molecule has 0 aliphatic heterocycles. The van der Waals surface area contributed by atoms with Crippen molar-refractivity contribution < 1.29 is 66.6 Å². The van der Waals surface area contributed by atoms with Gasteiger partial charge in [0.05, 0.1) is 10.8 Å². The van der Waals surface area contributed by atoms with E-state index in [1.165, 1.54) is 48.5 Å². The van der Waals surface area contributed by atoms with E-state index < -0.39 is 91.8 Å². The third kappa shape index (κ3) is 15.9. The molecule has 2 aliphatic rings. The van der Waals surface area contributed by atoms with E-state index in [4.69, 9.17) is 13.9 Å². The summed E-state index contributed by atoms with van der Waals surface area (Å²) in [4.78, 5) is 7.75. The summed E-state index contributed by atoms with van der Waals surface area (Å²) in [5.74, 6) is -14.2. The summed E-state index contributed by atoms with van der Waals surface area (Å²) in [6.45, 7) is 7.66. The molecule has 1 heterocycles. The van der Waals surface area contributed by atoms with Crippen LogP contribution in [0.5, 0.6) is 23.0 Å². The standard InChI is InChI=1S/C126H76F12N4O3/c1-3-75-13-57-99(58-14-75)143-101-61-25-81(26-62-101)125(113-73-115(131)121(135)123(137)119(113)133)109-11-7-5-9-103(109)105-65-53-95(69-111(105)125)139(91-45-29-83(127)30-46-91)87-37-17-77(18-38-87)79-21-41-89(42-22-79)141(93-49-33-85(129)34-50-93)97-55-67-107-108-68-56-98(72-118(108)145-117(107)71-97)142(94-51-35-86(130)36-52-94)90-43-23-80(24-44-90)78-19-39-88(40-20-78)140(92-47-31-84(128)32-48-92)96-54-66-106-104-10-6-8-12-110(104)126(112(106)70-96,114-74-116(132)122(136)124(138)120(114)134)82-27-63-102(64-28-82)144-100-59-15-76(4-2)16-60-100/h3-74H,1-2H2. The van der Waals surface area contributed by atoms with Gasteiger partial charge in [0.25, 0.3) is 0 Å². The van der Waals surface area contributed by atoms with E-state index in [1.54, 1.807) is 158 Å². The lowest BCUT2D eigenvalue weighted by molar-refractivity contribution is 0.399. The summed E-state index contributed by atoms with van der Waals surface area (Å²) >= 11 is 0. The second-order valence-electron chi connectivity index (χ2n) is 35.4. The number of hydrogen-bond acceptors (Lipinski definition) is 7. The van der Waals surface area contributed by atoms with Crippen LogP contribution in [-0.4, -0.2) is 0 Å².